The van der Waals surface area contributed by atoms with Gasteiger partial charge in [-0.1, -0.05) is 12.1 Å². The number of esters is 1. The largest absolute Gasteiger partial charge is 0.468 e. The third-order valence-electron chi connectivity index (χ3n) is 2.42. The highest BCUT2D eigenvalue weighted by Gasteiger charge is 2.18. The highest BCUT2D eigenvalue weighted by atomic mass is 32.1. The van der Waals surface area contributed by atoms with Gasteiger partial charge in [0.1, 0.15) is 6.54 Å². The molecule has 1 amide bonds. The van der Waals surface area contributed by atoms with Crippen molar-refractivity contribution in [1.29, 1.82) is 0 Å². The maximum atomic E-state index is 12.0. The fourth-order valence-electron chi connectivity index (χ4n) is 1.46. The van der Waals surface area contributed by atoms with E-state index in [4.69, 9.17) is 0 Å². The van der Waals surface area contributed by atoms with Gasteiger partial charge >= 0.3 is 5.97 Å². The number of carbonyl (C=O) groups excluding carboxylic acids is 2. The molecule has 0 spiro atoms. The number of amides is 1. The number of rotatable bonds is 3. The van der Waals surface area contributed by atoms with E-state index in [2.05, 4.69) is 9.72 Å². The number of nitrogens with zero attached hydrogens (tertiary/aromatic N) is 2. The SMILES string of the molecule is COC(=O)CN(C)C(=O)c1nc2ccccc2s1. The maximum Gasteiger partial charge on any atom is 0.325 e. The van der Waals surface area contributed by atoms with Crippen LogP contribution in [-0.2, 0) is 9.53 Å². The molecule has 5 nitrogen and oxygen atoms in total. The number of likely N-dealkylation sites (N-methyl/N-ethyl adjacent to an activating group) is 1. The minimum absolute atomic E-state index is 0.0781. The average molecular weight is 264 g/mol. The van der Waals surface area contributed by atoms with Gasteiger partial charge in [0.25, 0.3) is 5.91 Å². The number of benzene rings is 1. The van der Waals surface area contributed by atoms with Crippen LogP contribution in [-0.4, -0.2) is 42.5 Å². The summed E-state index contributed by atoms with van der Waals surface area (Å²) < 4.78 is 5.47. The van der Waals surface area contributed by atoms with E-state index >= 15 is 0 Å². The van der Waals surface area contributed by atoms with E-state index in [0.717, 1.165) is 10.2 Å². The molecule has 18 heavy (non-hydrogen) atoms. The lowest BCUT2D eigenvalue weighted by molar-refractivity contribution is -0.141. The lowest BCUT2D eigenvalue weighted by atomic mass is 10.3. The molecule has 6 heteroatoms. The minimum Gasteiger partial charge on any atom is -0.468 e. The van der Waals surface area contributed by atoms with Gasteiger partial charge < -0.3 is 9.64 Å². The van der Waals surface area contributed by atoms with Gasteiger partial charge in [-0.15, -0.1) is 11.3 Å². The number of hydrogen-bond acceptors (Lipinski definition) is 5. The zero-order valence-corrected chi connectivity index (χ0v) is 10.9. The molecule has 0 N–H and O–H groups in total. The summed E-state index contributed by atoms with van der Waals surface area (Å²) in [4.78, 5) is 28.7. The second-order valence-electron chi connectivity index (χ2n) is 3.72. The molecule has 0 bridgehead atoms. The predicted molar refractivity (Wildman–Crippen MR) is 68.6 cm³/mol. The molecule has 1 heterocycles. The first-order chi connectivity index (χ1) is 8.61. The summed E-state index contributed by atoms with van der Waals surface area (Å²) in [6, 6.07) is 7.52. The number of thiazole rings is 1. The predicted octanol–water partition coefficient (Wildman–Crippen LogP) is 1.54. The molecule has 1 aromatic carbocycles. The molecule has 0 aliphatic heterocycles. The summed E-state index contributed by atoms with van der Waals surface area (Å²) in [5, 5.41) is 0.377. The number of carbonyl (C=O) groups is 2. The molecule has 0 atom stereocenters. The van der Waals surface area contributed by atoms with Crippen molar-refractivity contribution < 1.29 is 14.3 Å². The van der Waals surface area contributed by atoms with Crippen LogP contribution >= 0.6 is 11.3 Å². The Morgan fingerprint density at radius 3 is 2.78 bits per heavy atom. The molecular formula is C12H12N2O3S. The summed E-state index contributed by atoms with van der Waals surface area (Å²) >= 11 is 1.31. The fraction of sp³-hybridized carbons (Fsp3) is 0.250. The standard InChI is InChI=1S/C12H12N2O3S/c1-14(7-10(15)17-2)12(16)11-13-8-5-3-4-6-9(8)18-11/h3-6H,7H2,1-2H3. The van der Waals surface area contributed by atoms with Crippen molar-refractivity contribution in [1.82, 2.24) is 9.88 Å². The smallest absolute Gasteiger partial charge is 0.325 e. The summed E-state index contributed by atoms with van der Waals surface area (Å²) in [7, 11) is 2.84. The van der Waals surface area contributed by atoms with Crippen molar-refractivity contribution in [2.75, 3.05) is 20.7 Å². The Hall–Kier alpha value is -1.95. The Kier molecular flexibility index (Phi) is 3.57. The zero-order chi connectivity index (χ0) is 13.1. The molecule has 1 aromatic heterocycles. The van der Waals surface area contributed by atoms with Crippen LogP contribution in [0, 0.1) is 0 Å². The van der Waals surface area contributed by atoms with Crippen LogP contribution in [0.2, 0.25) is 0 Å². The number of hydrogen-bond donors (Lipinski definition) is 0. The quantitative estimate of drug-likeness (QED) is 0.789. The Labute approximate surface area is 108 Å². The van der Waals surface area contributed by atoms with E-state index in [9.17, 15) is 9.59 Å². The second-order valence-corrected chi connectivity index (χ2v) is 4.75. The molecule has 0 saturated heterocycles. The maximum absolute atomic E-state index is 12.0. The van der Waals surface area contributed by atoms with Gasteiger partial charge in [-0.2, -0.15) is 0 Å². The van der Waals surface area contributed by atoms with Gasteiger partial charge in [-0.05, 0) is 12.1 Å². The van der Waals surface area contributed by atoms with Crippen LogP contribution in [0.1, 0.15) is 9.80 Å². The van der Waals surface area contributed by atoms with Crippen molar-refractivity contribution in [3.05, 3.63) is 29.3 Å². The highest BCUT2D eigenvalue weighted by molar-refractivity contribution is 7.20. The topological polar surface area (TPSA) is 59.5 Å². The van der Waals surface area contributed by atoms with E-state index in [1.165, 1.54) is 23.3 Å². The van der Waals surface area contributed by atoms with Crippen LogP contribution in [0.4, 0.5) is 0 Å². The van der Waals surface area contributed by atoms with E-state index in [1.54, 1.807) is 7.05 Å². The van der Waals surface area contributed by atoms with Crippen LogP contribution < -0.4 is 0 Å². The van der Waals surface area contributed by atoms with Gasteiger partial charge in [-0.3, -0.25) is 9.59 Å². The molecule has 2 rings (SSSR count). The lowest BCUT2D eigenvalue weighted by Crippen LogP contribution is -2.32. The molecule has 0 radical (unpaired) electrons. The fourth-order valence-corrected chi connectivity index (χ4v) is 2.42. The summed E-state index contributed by atoms with van der Waals surface area (Å²) in [6.07, 6.45) is 0. The normalized spacial score (nSPS) is 10.3. The van der Waals surface area contributed by atoms with Crippen molar-refractivity contribution in [2.24, 2.45) is 0 Å². The molecule has 2 aromatic rings. The van der Waals surface area contributed by atoms with Crippen molar-refractivity contribution in [3.63, 3.8) is 0 Å². The van der Waals surface area contributed by atoms with Crippen LogP contribution in [0.25, 0.3) is 10.2 Å². The molecule has 0 unspecified atom stereocenters. The van der Waals surface area contributed by atoms with Gasteiger partial charge in [0.15, 0.2) is 5.01 Å². The van der Waals surface area contributed by atoms with E-state index in [0.29, 0.717) is 5.01 Å². The molecular weight excluding hydrogens is 252 g/mol. The Morgan fingerprint density at radius 2 is 2.11 bits per heavy atom. The number of ether oxygens (including phenoxy) is 1. The molecule has 0 saturated carbocycles. The monoisotopic (exact) mass is 264 g/mol. The van der Waals surface area contributed by atoms with E-state index in [-0.39, 0.29) is 12.5 Å². The Balaban J connectivity index is 2.20. The zero-order valence-electron chi connectivity index (χ0n) is 10.0. The van der Waals surface area contributed by atoms with Crippen LogP contribution in [0.3, 0.4) is 0 Å². The van der Waals surface area contributed by atoms with E-state index < -0.39 is 5.97 Å². The Morgan fingerprint density at radius 1 is 1.39 bits per heavy atom. The molecule has 94 valence electrons. The number of para-hydroxylation sites is 1. The number of methoxy groups -OCH3 is 1. The summed E-state index contributed by atoms with van der Waals surface area (Å²) in [5.74, 6) is -0.728. The summed E-state index contributed by atoms with van der Waals surface area (Å²) in [6.45, 7) is -0.0781. The van der Waals surface area contributed by atoms with Crippen molar-refractivity contribution in [3.8, 4) is 0 Å². The average Bonchev–Trinajstić information content (AvgIpc) is 2.81. The first-order valence-electron chi connectivity index (χ1n) is 5.29. The molecule has 0 fully saturated rings. The van der Waals surface area contributed by atoms with Crippen molar-refractivity contribution >= 4 is 33.4 Å². The molecule has 0 aliphatic carbocycles. The molecule has 0 aliphatic rings. The van der Waals surface area contributed by atoms with Crippen LogP contribution in [0.15, 0.2) is 24.3 Å². The van der Waals surface area contributed by atoms with Gasteiger partial charge in [0, 0.05) is 7.05 Å². The number of fused-ring (bicyclic) bond motifs is 1. The third kappa shape index (κ3) is 2.48. The van der Waals surface area contributed by atoms with Gasteiger partial charge in [-0.25, -0.2) is 4.98 Å². The van der Waals surface area contributed by atoms with E-state index in [1.807, 2.05) is 24.3 Å². The second kappa shape index (κ2) is 5.14. The Bertz CT molecular complexity index is 561. The van der Waals surface area contributed by atoms with Gasteiger partial charge in [0.2, 0.25) is 0 Å². The first kappa shape index (κ1) is 12.5. The summed E-state index contributed by atoms with van der Waals surface area (Å²) in [5.41, 5.74) is 0.789. The van der Waals surface area contributed by atoms with Gasteiger partial charge in [0.05, 0.1) is 17.3 Å². The van der Waals surface area contributed by atoms with Crippen LogP contribution in [0.5, 0.6) is 0 Å². The minimum atomic E-state index is -0.452. The lowest BCUT2D eigenvalue weighted by Gasteiger charge is -2.13. The highest BCUT2D eigenvalue weighted by Crippen LogP contribution is 2.22. The first-order valence-corrected chi connectivity index (χ1v) is 6.11. The third-order valence-corrected chi connectivity index (χ3v) is 3.44. The number of aromatic nitrogens is 1. The van der Waals surface area contributed by atoms with Crippen molar-refractivity contribution in [2.45, 2.75) is 0 Å².